The monoisotopic (exact) mass is 239 g/mol. The summed E-state index contributed by atoms with van der Waals surface area (Å²) in [5, 5.41) is 3.57. The van der Waals surface area contributed by atoms with E-state index in [-0.39, 0.29) is 0 Å². The molecule has 0 bridgehead atoms. The standard InChI is InChI=1S/C17H21N/c1-14-8-10-17(11-9-14)15(2)18-13-12-16-6-4-3-5-7-16/h3-11,15,18H,12-13H2,1-2H3/t15-/m0/s1. The average Bonchev–Trinajstić information content (AvgIpc) is 2.40. The van der Waals surface area contributed by atoms with Crippen molar-refractivity contribution in [2.24, 2.45) is 0 Å². The zero-order valence-corrected chi connectivity index (χ0v) is 11.2. The highest BCUT2D eigenvalue weighted by molar-refractivity contribution is 5.23. The van der Waals surface area contributed by atoms with E-state index in [0.717, 1.165) is 13.0 Å². The number of hydrogen-bond donors (Lipinski definition) is 1. The van der Waals surface area contributed by atoms with Crippen molar-refractivity contribution >= 4 is 0 Å². The van der Waals surface area contributed by atoms with Crippen molar-refractivity contribution in [1.29, 1.82) is 0 Å². The first-order valence-corrected chi connectivity index (χ1v) is 6.59. The zero-order chi connectivity index (χ0) is 12.8. The number of aryl methyl sites for hydroxylation is 1. The van der Waals surface area contributed by atoms with E-state index < -0.39 is 0 Å². The van der Waals surface area contributed by atoms with Crippen LogP contribution in [0.15, 0.2) is 54.6 Å². The van der Waals surface area contributed by atoms with E-state index in [1.54, 1.807) is 0 Å². The van der Waals surface area contributed by atoms with Crippen molar-refractivity contribution in [1.82, 2.24) is 5.32 Å². The molecule has 1 nitrogen and oxygen atoms in total. The molecule has 0 aliphatic heterocycles. The Labute approximate surface area is 110 Å². The Balaban J connectivity index is 1.81. The van der Waals surface area contributed by atoms with Crippen LogP contribution in [0.1, 0.15) is 29.7 Å². The summed E-state index contributed by atoms with van der Waals surface area (Å²) in [5.74, 6) is 0. The van der Waals surface area contributed by atoms with Crippen LogP contribution in [0.2, 0.25) is 0 Å². The maximum Gasteiger partial charge on any atom is 0.0291 e. The Kier molecular flexibility index (Phi) is 4.54. The predicted octanol–water partition coefficient (Wildman–Crippen LogP) is 3.89. The molecule has 0 amide bonds. The summed E-state index contributed by atoms with van der Waals surface area (Å²) in [5.41, 5.74) is 4.06. The molecule has 2 aromatic rings. The van der Waals surface area contributed by atoms with Crippen molar-refractivity contribution < 1.29 is 0 Å². The van der Waals surface area contributed by atoms with Crippen molar-refractivity contribution in [3.05, 3.63) is 71.3 Å². The summed E-state index contributed by atoms with van der Waals surface area (Å²) in [4.78, 5) is 0. The highest BCUT2D eigenvalue weighted by atomic mass is 14.9. The molecule has 2 aromatic carbocycles. The van der Waals surface area contributed by atoms with Gasteiger partial charge in [0.25, 0.3) is 0 Å². The van der Waals surface area contributed by atoms with Gasteiger partial charge in [0.2, 0.25) is 0 Å². The van der Waals surface area contributed by atoms with E-state index >= 15 is 0 Å². The van der Waals surface area contributed by atoms with Crippen molar-refractivity contribution in [3.63, 3.8) is 0 Å². The van der Waals surface area contributed by atoms with Gasteiger partial charge in [0.15, 0.2) is 0 Å². The Hall–Kier alpha value is -1.60. The van der Waals surface area contributed by atoms with E-state index in [9.17, 15) is 0 Å². The molecule has 1 N–H and O–H groups in total. The molecule has 0 spiro atoms. The minimum atomic E-state index is 0.411. The van der Waals surface area contributed by atoms with Crippen LogP contribution < -0.4 is 5.32 Å². The molecule has 1 heteroatoms. The summed E-state index contributed by atoms with van der Waals surface area (Å²) in [6.45, 7) is 5.35. The van der Waals surface area contributed by atoms with Crippen molar-refractivity contribution in [3.8, 4) is 0 Å². The Morgan fingerprint density at radius 2 is 1.61 bits per heavy atom. The molecule has 0 saturated heterocycles. The van der Waals surface area contributed by atoms with Gasteiger partial charge >= 0.3 is 0 Å². The van der Waals surface area contributed by atoms with Gasteiger partial charge in [-0.3, -0.25) is 0 Å². The summed E-state index contributed by atoms with van der Waals surface area (Å²) < 4.78 is 0. The first-order chi connectivity index (χ1) is 8.75. The Bertz CT molecular complexity index is 459. The highest BCUT2D eigenvalue weighted by Gasteiger charge is 2.03. The molecule has 0 fully saturated rings. The first kappa shape index (κ1) is 12.8. The molecular weight excluding hydrogens is 218 g/mol. The van der Waals surface area contributed by atoms with E-state index in [1.807, 2.05) is 0 Å². The summed E-state index contributed by atoms with van der Waals surface area (Å²) >= 11 is 0. The topological polar surface area (TPSA) is 12.0 Å². The third-order valence-electron chi connectivity index (χ3n) is 3.28. The van der Waals surface area contributed by atoms with Gasteiger partial charge in [-0.2, -0.15) is 0 Å². The quantitative estimate of drug-likeness (QED) is 0.834. The molecule has 0 aromatic heterocycles. The molecule has 0 heterocycles. The molecular formula is C17H21N. The van der Waals surface area contributed by atoms with Gasteiger partial charge < -0.3 is 5.32 Å². The molecule has 0 aliphatic carbocycles. The fraction of sp³-hybridized carbons (Fsp3) is 0.294. The molecule has 0 unspecified atom stereocenters. The Morgan fingerprint density at radius 1 is 0.944 bits per heavy atom. The number of hydrogen-bond acceptors (Lipinski definition) is 1. The van der Waals surface area contributed by atoms with Gasteiger partial charge in [-0.05, 0) is 37.9 Å². The van der Waals surface area contributed by atoms with E-state index in [1.165, 1.54) is 16.7 Å². The molecule has 94 valence electrons. The first-order valence-electron chi connectivity index (χ1n) is 6.59. The van der Waals surface area contributed by atoms with Gasteiger partial charge in [0, 0.05) is 6.04 Å². The van der Waals surface area contributed by atoms with Crippen LogP contribution in [0, 0.1) is 6.92 Å². The third-order valence-corrected chi connectivity index (χ3v) is 3.28. The lowest BCUT2D eigenvalue weighted by Gasteiger charge is -2.14. The minimum Gasteiger partial charge on any atom is -0.310 e. The van der Waals surface area contributed by atoms with Gasteiger partial charge in [0.05, 0.1) is 0 Å². The van der Waals surface area contributed by atoms with Gasteiger partial charge in [-0.1, -0.05) is 60.2 Å². The van der Waals surface area contributed by atoms with E-state index in [2.05, 4.69) is 73.8 Å². The summed E-state index contributed by atoms with van der Waals surface area (Å²) in [7, 11) is 0. The molecule has 0 radical (unpaired) electrons. The van der Waals surface area contributed by atoms with Crippen LogP contribution in [0.25, 0.3) is 0 Å². The second kappa shape index (κ2) is 6.36. The zero-order valence-electron chi connectivity index (χ0n) is 11.2. The average molecular weight is 239 g/mol. The number of rotatable bonds is 5. The van der Waals surface area contributed by atoms with E-state index in [4.69, 9.17) is 0 Å². The van der Waals surface area contributed by atoms with Crippen LogP contribution in [0.4, 0.5) is 0 Å². The maximum absolute atomic E-state index is 3.57. The van der Waals surface area contributed by atoms with Crippen molar-refractivity contribution in [2.45, 2.75) is 26.3 Å². The number of nitrogens with one attached hydrogen (secondary N) is 1. The van der Waals surface area contributed by atoms with Gasteiger partial charge in [0.1, 0.15) is 0 Å². The van der Waals surface area contributed by atoms with Crippen LogP contribution >= 0.6 is 0 Å². The van der Waals surface area contributed by atoms with E-state index in [0.29, 0.717) is 6.04 Å². The lowest BCUT2D eigenvalue weighted by molar-refractivity contribution is 0.577. The minimum absolute atomic E-state index is 0.411. The van der Waals surface area contributed by atoms with Crippen LogP contribution in [0.3, 0.4) is 0 Å². The third kappa shape index (κ3) is 3.71. The molecule has 1 atom stereocenters. The number of benzene rings is 2. The fourth-order valence-corrected chi connectivity index (χ4v) is 2.05. The maximum atomic E-state index is 3.57. The fourth-order valence-electron chi connectivity index (χ4n) is 2.05. The molecule has 0 saturated carbocycles. The smallest absolute Gasteiger partial charge is 0.0291 e. The normalized spacial score (nSPS) is 12.3. The SMILES string of the molecule is Cc1ccc([C@H](C)NCCc2ccccc2)cc1. The highest BCUT2D eigenvalue weighted by Crippen LogP contribution is 2.12. The summed E-state index contributed by atoms with van der Waals surface area (Å²) in [6, 6.07) is 19.8. The van der Waals surface area contributed by atoms with Gasteiger partial charge in [-0.15, -0.1) is 0 Å². The van der Waals surface area contributed by atoms with Crippen molar-refractivity contribution in [2.75, 3.05) is 6.54 Å². The lowest BCUT2D eigenvalue weighted by atomic mass is 10.1. The van der Waals surface area contributed by atoms with Crippen LogP contribution in [0.5, 0.6) is 0 Å². The van der Waals surface area contributed by atoms with Crippen LogP contribution in [-0.4, -0.2) is 6.54 Å². The van der Waals surface area contributed by atoms with Gasteiger partial charge in [-0.25, -0.2) is 0 Å². The molecule has 2 rings (SSSR count). The second-order valence-corrected chi connectivity index (χ2v) is 4.82. The second-order valence-electron chi connectivity index (χ2n) is 4.82. The molecule has 0 aliphatic rings. The Morgan fingerprint density at radius 3 is 2.28 bits per heavy atom. The molecule has 18 heavy (non-hydrogen) atoms. The predicted molar refractivity (Wildman–Crippen MR) is 77.7 cm³/mol. The lowest BCUT2D eigenvalue weighted by Crippen LogP contribution is -2.21. The largest absolute Gasteiger partial charge is 0.310 e. The van der Waals surface area contributed by atoms with Crippen LogP contribution in [-0.2, 0) is 6.42 Å². The summed E-state index contributed by atoms with van der Waals surface area (Å²) in [6.07, 6.45) is 1.08.